The predicted molar refractivity (Wildman–Crippen MR) is 82.3 cm³/mol. The molecule has 1 aromatic heterocycles. The van der Waals surface area contributed by atoms with Crippen molar-refractivity contribution in [2.45, 2.75) is 11.8 Å². The van der Waals surface area contributed by atoms with Gasteiger partial charge in [0.25, 0.3) is 0 Å². The standard InChI is InChI=1S/C14H12BrClO2S/c1-8-6-19-7-10(8)14(15)9-4-12-13(5-11(9)16)18-3-2-17-12/h4-7,14H,2-3H2,1H3. The molecule has 0 aliphatic carbocycles. The minimum atomic E-state index is 0.0714. The molecule has 19 heavy (non-hydrogen) atoms. The number of thiophene rings is 1. The molecule has 0 saturated carbocycles. The van der Waals surface area contributed by atoms with E-state index in [1.165, 1.54) is 11.1 Å². The number of fused-ring (bicyclic) bond motifs is 1. The molecule has 1 aliphatic rings. The Hall–Kier alpha value is -0.710. The van der Waals surface area contributed by atoms with Gasteiger partial charge in [-0.05, 0) is 40.4 Å². The van der Waals surface area contributed by atoms with Crippen molar-refractivity contribution in [2.24, 2.45) is 0 Å². The first kappa shape index (κ1) is 13.3. The largest absolute Gasteiger partial charge is 0.486 e. The molecule has 0 amide bonds. The second-order valence-electron chi connectivity index (χ2n) is 4.39. The molecule has 0 saturated heterocycles. The van der Waals surface area contributed by atoms with E-state index in [-0.39, 0.29) is 4.83 Å². The Kier molecular flexibility index (Phi) is 3.74. The van der Waals surface area contributed by atoms with Gasteiger partial charge in [-0.15, -0.1) is 0 Å². The van der Waals surface area contributed by atoms with Gasteiger partial charge in [-0.1, -0.05) is 27.5 Å². The number of rotatable bonds is 2. The average Bonchev–Trinajstić information content (AvgIpc) is 2.83. The molecule has 0 spiro atoms. The Morgan fingerprint density at radius 2 is 1.84 bits per heavy atom. The number of aryl methyl sites for hydroxylation is 1. The van der Waals surface area contributed by atoms with Crippen LogP contribution in [0.3, 0.4) is 0 Å². The van der Waals surface area contributed by atoms with Crippen LogP contribution < -0.4 is 9.47 Å². The van der Waals surface area contributed by atoms with Crippen LogP contribution in [0.25, 0.3) is 0 Å². The number of hydrogen-bond donors (Lipinski definition) is 0. The average molecular weight is 360 g/mol. The van der Waals surface area contributed by atoms with E-state index in [0.29, 0.717) is 18.2 Å². The predicted octanol–water partition coefficient (Wildman–Crippen LogP) is 4.97. The van der Waals surface area contributed by atoms with Crippen molar-refractivity contribution in [1.29, 1.82) is 0 Å². The number of hydrogen-bond acceptors (Lipinski definition) is 3. The van der Waals surface area contributed by atoms with Crippen molar-refractivity contribution >= 4 is 38.9 Å². The zero-order valence-electron chi connectivity index (χ0n) is 10.3. The summed E-state index contributed by atoms with van der Waals surface area (Å²) in [6.07, 6.45) is 0. The molecular formula is C14H12BrClO2S. The lowest BCUT2D eigenvalue weighted by molar-refractivity contribution is 0.171. The molecule has 3 rings (SSSR count). The van der Waals surface area contributed by atoms with Gasteiger partial charge in [-0.2, -0.15) is 11.3 Å². The number of ether oxygens (including phenoxy) is 2. The summed E-state index contributed by atoms with van der Waals surface area (Å²) in [7, 11) is 0. The Balaban J connectivity index is 2.03. The van der Waals surface area contributed by atoms with Crippen LogP contribution in [0.1, 0.15) is 21.5 Å². The highest BCUT2D eigenvalue weighted by molar-refractivity contribution is 9.09. The van der Waals surface area contributed by atoms with E-state index in [4.69, 9.17) is 21.1 Å². The third kappa shape index (κ3) is 2.49. The number of alkyl halides is 1. The number of benzene rings is 1. The summed E-state index contributed by atoms with van der Waals surface area (Å²) in [6.45, 7) is 3.26. The van der Waals surface area contributed by atoms with Gasteiger partial charge in [0.05, 0.1) is 4.83 Å². The van der Waals surface area contributed by atoms with Crippen molar-refractivity contribution in [3.63, 3.8) is 0 Å². The van der Waals surface area contributed by atoms with Crippen LogP contribution >= 0.6 is 38.9 Å². The van der Waals surface area contributed by atoms with Gasteiger partial charge in [-0.3, -0.25) is 0 Å². The summed E-state index contributed by atoms with van der Waals surface area (Å²) in [5.74, 6) is 1.49. The second kappa shape index (κ2) is 5.35. The molecule has 2 nitrogen and oxygen atoms in total. The topological polar surface area (TPSA) is 18.5 Å². The van der Waals surface area contributed by atoms with E-state index in [1.807, 2.05) is 12.1 Å². The van der Waals surface area contributed by atoms with Crippen LogP contribution in [0.5, 0.6) is 11.5 Å². The van der Waals surface area contributed by atoms with Gasteiger partial charge in [0.15, 0.2) is 11.5 Å². The van der Waals surface area contributed by atoms with E-state index in [1.54, 1.807) is 11.3 Å². The zero-order chi connectivity index (χ0) is 13.4. The van der Waals surface area contributed by atoms with Crippen molar-refractivity contribution in [3.05, 3.63) is 44.6 Å². The molecule has 1 aliphatic heterocycles. The van der Waals surface area contributed by atoms with Crippen LogP contribution in [0, 0.1) is 6.92 Å². The maximum atomic E-state index is 6.36. The van der Waals surface area contributed by atoms with Crippen molar-refractivity contribution < 1.29 is 9.47 Å². The van der Waals surface area contributed by atoms with E-state index in [2.05, 4.69) is 33.6 Å². The second-order valence-corrected chi connectivity index (χ2v) is 6.46. The summed E-state index contributed by atoms with van der Waals surface area (Å²) in [5.41, 5.74) is 3.51. The third-order valence-electron chi connectivity index (χ3n) is 3.10. The van der Waals surface area contributed by atoms with Gasteiger partial charge < -0.3 is 9.47 Å². The fraction of sp³-hybridized carbons (Fsp3) is 0.286. The van der Waals surface area contributed by atoms with Crippen LogP contribution in [0.15, 0.2) is 22.9 Å². The van der Waals surface area contributed by atoms with Gasteiger partial charge in [0, 0.05) is 11.1 Å². The molecule has 0 radical (unpaired) electrons. The molecule has 0 bridgehead atoms. The first-order valence-corrected chi connectivity index (χ1v) is 8.16. The van der Waals surface area contributed by atoms with Crippen LogP contribution in [-0.2, 0) is 0 Å². The lowest BCUT2D eigenvalue weighted by atomic mass is 10.0. The highest BCUT2D eigenvalue weighted by Crippen LogP contribution is 2.43. The molecule has 1 unspecified atom stereocenters. The molecule has 0 N–H and O–H groups in total. The van der Waals surface area contributed by atoms with Crippen molar-refractivity contribution in [1.82, 2.24) is 0 Å². The molecule has 1 atom stereocenters. The highest BCUT2D eigenvalue weighted by atomic mass is 79.9. The monoisotopic (exact) mass is 358 g/mol. The first-order valence-electron chi connectivity index (χ1n) is 5.92. The van der Waals surface area contributed by atoms with Gasteiger partial charge in [-0.25, -0.2) is 0 Å². The number of halogens is 2. The first-order chi connectivity index (χ1) is 9.16. The lowest BCUT2D eigenvalue weighted by Crippen LogP contribution is -2.15. The maximum Gasteiger partial charge on any atom is 0.162 e. The normalized spacial score (nSPS) is 15.3. The van der Waals surface area contributed by atoms with Gasteiger partial charge in [0.2, 0.25) is 0 Å². The van der Waals surface area contributed by atoms with E-state index in [0.717, 1.165) is 17.1 Å². The summed E-state index contributed by atoms with van der Waals surface area (Å²) >= 11 is 11.8. The zero-order valence-corrected chi connectivity index (χ0v) is 13.4. The molecule has 2 heterocycles. The van der Waals surface area contributed by atoms with Crippen molar-refractivity contribution in [3.8, 4) is 11.5 Å². The van der Waals surface area contributed by atoms with Gasteiger partial charge in [0.1, 0.15) is 13.2 Å². The minimum absolute atomic E-state index is 0.0714. The summed E-state index contributed by atoms with van der Waals surface area (Å²) in [5, 5.41) is 4.97. The maximum absolute atomic E-state index is 6.36. The Morgan fingerprint density at radius 1 is 1.16 bits per heavy atom. The lowest BCUT2D eigenvalue weighted by Gasteiger charge is -2.21. The van der Waals surface area contributed by atoms with Crippen LogP contribution in [0.2, 0.25) is 5.02 Å². The highest BCUT2D eigenvalue weighted by Gasteiger charge is 2.21. The Labute approximate surface area is 129 Å². The van der Waals surface area contributed by atoms with E-state index >= 15 is 0 Å². The quantitative estimate of drug-likeness (QED) is 0.705. The third-order valence-corrected chi connectivity index (χ3v) is 5.30. The summed E-state index contributed by atoms with van der Waals surface area (Å²) < 4.78 is 11.1. The molecule has 5 heteroatoms. The SMILES string of the molecule is Cc1cscc1C(Br)c1cc2c(cc1Cl)OCCO2. The van der Waals surface area contributed by atoms with Crippen LogP contribution in [0.4, 0.5) is 0 Å². The Morgan fingerprint density at radius 3 is 2.47 bits per heavy atom. The molecule has 1 aromatic carbocycles. The van der Waals surface area contributed by atoms with Crippen LogP contribution in [-0.4, -0.2) is 13.2 Å². The van der Waals surface area contributed by atoms with E-state index < -0.39 is 0 Å². The fourth-order valence-electron chi connectivity index (χ4n) is 2.07. The molecule has 0 fully saturated rings. The fourth-order valence-corrected chi connectivity index (χ4v) is 4.39. The minimum Gasteiger partial charge on any atom is -0.486 e. The molecule has 2 aromatic rings. The smallest absolute Gasteiger partial charge is 0.162 e. The molecule has 100 valence electrons. The Bertz CT molecular complexity index is 611. The van der Waals surface area contributed by atoms with Gasteiger partial charge >= 0.3 is 0 Å². The summed E-state index contributed by atoms with van der Waals surface area (Å²) in [6, 6.07) is 3.80. The molecular weight excluding hydrogens is 348 g/mol. The van der Waals surface area contributed by atoms with Crippen molar-refractivity contribution in [2.75, 3.05) is 13.2 Å². The summed E-state index contributed by atoms with van der Waals surface area (Å²) in [4.78, 5) is 0.0714. The van der Waals surface area contributed by atoms with E-state index in [9.17, 15) is 0 Å².